The minimum absolute atomic E-state index is 0. The van der Waals surface area contributed by atoms with Gasteiger partial charge in [-0.15, -0.1) is 12.4 Å². The summed E-state index contributed by atoms with van der Waals surface area (Å²) in [7, 11) is 1.64. The van der Waals surface area contributed by atoms with E-state index >= 15 is 0 Å². The molecular weight excluding hydrogens is 390 g/mol. The van der Waals surface area contributed by atoms with E-state index in [4.69, 9.17) is 15.4 Å². The smallest absolute Gasteiger partial charge is 0.139 e. The molecule has 0 aromatic rings. The first-order chi connectivity index (χ1) is 13.4. The SMILES string of the molecule is CO/N=C1\C[C@@H]2[C@H](CC[C@]3(C)C(=O)CC[C@@H]23)[C@@]2(C)CC/C(=N/OCCN)CC12.Cl. The number of Topliss-reactive ketones (excluding diaryl/α,β-unsaturated/α-hetero) is 1. The van der Waals surface area contributed by atoms with Gasteiger partial charge in [-0.1, -0.05) is 24.2 Å². The molecule has 4 aliphatic carbocycles. The zero-order valence-electron chi connectivity index (χ0n) is 18.0. The molecule has 4 saturated carbocycles. The molecule has 0 saturated heterocycles. The predicted octanol–water partition coefficient (Wildman–Crippen LogP) is 3.96. The highest BCUT2D eigenvalue weighted by Crippen LogP contribution is 2.64. The maximum Gasteiger partial charge on any atom is 0.139 e. The number of fused-ring (bicyclic) bond motifs is 5. The maximum absolute atomic E-state index is 12.6. The molecule has 29 heavy (non-hydrogen) atoms. The molecule has 4 aliphatic rings. The summed E-state index contributed by atoms with van der Waals surface area (Å²) in [6.45, 7) is 5.63. The van der Waals surface area contributed by atoms with Crippen LogP contribution in [0.1, 0.15) is 65.2 Å². The van der Waals surface area contributed by atoms with Gasteiger partial charge in [0.25, 0.3) is 0 Å². The second-order valence-electron chi connectivity index (χ2n) is 9.81. The average Bonchev–Trinajstić information content (AvgIpc) is 2.98. The van der Waals surface area contributed by atoms with E-state index < -0.39 is 0 Å². The van der Waals surface area contributed by atoms with Crippen LogP contribution in [0.3, 0.4) is 0 Å². The fraction of sp³-hybridized carbons (Fsp3) is 0.864. The van der Waals surface area contributed by atoms with Crippen LogP contribution in [0.4, 0.5) is 0 Å². The number of hydrogen-bond donors (Lipinski definition) is 1. The molecule has 6 atom stereocenters. The van der Waals surface area contributed by atoms with Crippen molar-refractivity contribution in [1.29, 1.82) is 0 Å². The Balaban J connectivity index is 0.00000240. The second kappa shape index (κ2) is 8.54. The van der Waals surface area contributed by atoms with Gasteiger partial charge in [0.1, 0.15) is 19.5 Å². The summed E-state index contributed by atoms with van der Waals surface area (Å²) in [4.78, 5) is 23.3. The van der Waals surface area contributed by atoms with Crippen molar-refractivity contribution < 1.29 is 14.5 Å². The van der Waals surface area contributed by atoms with E-state index in [1.807, 2.05) is 0 Å². The highest BCUT2D eigenvalue weighted by Gasteiger charge is 2.61. The molecule has 4 rings (SSSR count). The first kappa shape index (κ1) is 22.5. The number of rotatable bonds is 4. The van der Waals surface area contributed by atoms with E-state index in [1.165, 1.54) is 5.71 Å². The fourth-order valence-corrected chi connectivity index (χ4v) is 7.14. The Kier molecular flexibility index (Phi) is 6.64. The van der Waals surface area contributed by atoms with Crippen LogP contribution in [0.5, 0.6) is 0 Å². The van der Waals surface area contributed by atoms with Gasteiger partial charge < -0.3 is 15.4 Å². The molecule has 164 valence electrons. The minimum atomic E-state index is -0.111. The Labute approximate surface area is 180 Å². The lowest BCUT2D eigenvalue weighted by Crippen LogP contribution is -2.56. The van der Waals surface area contributed by atoms with Gasteiger partial charge in [0.15, 0.2) is 0 Å². The van der Waals surface area contributed by atoms with Gasteiger partial charge >= 0.3 is 0 Å². The van der Waals surface area contributed by atoms with Crippen molar-refractivity contribution in [3.05, 3.63) is 0 Å². The predicted molar refractivity (Wildman–Crippen MR) is 116 cm³/mol. The van der Waals surface area contributed by atoms with Crippen LogP contribution in [-0.2, 0) is 14.5 Å². The number of carbonyl (C=O) groups is 1. The Hall–Kier alpha value is -1.14. The van der Waals surface area contributed by atoms with E-state index in [0.29, 0.717) is 42.6 Å². The summed E-state index contributed by atoms with van der Waals surface area (Å²) in [5.41, 5.74) is 7.89. The van der Waals surface area contributed by atoms with Crippen LogP contribution in [0.2, 0.25) is 0 Å². The van der Waals surface area contributed by atoms with E-state index in [2.05, 4.69) is 24.2 Å². The molecule has 7 heteroatoms. The van der Waals surface area contributed by atoms with Crippen LogP contribution in [0, 0.1) is 34.5 Å². The summed E-state index contributed by atoms with van der Waals surface area (Å²) in [5.74, 6) is 2.55. The largest absolute Gasteiger partial charge is 0.399 e. The Morgan fingerprint density at radius 2 is 1.90 bits per heavy atom. The summed E-state index contributed by atoms with van der Waals surface area (Å²) >= 11 is 0. The van der Waals surface area contributed by atoms with E-state index in [9.17, 15) is 4.79 Å². The van der Waals surface area contributed by atoms with Gasteiger partial charge in [-0.05, 0) is 68.1 Å². The van der Waals surface area contributed by atoms with Crippen molar-refractivity contribution in [1.82, 2.24) is 0 Å². The number of ketones is 1. The molecular formula is C22H36ClN3O3. The van der Waals surface area contributed by atoms with Crippen molar-refractivity contribution in [3.8, 4) is 0 Å². The quantitative estimate of drug-likeness (QED) is 0.545. The maximum atomic E-state index is 12.6. The van der Waals surface area contributed by atoms with E-state index in [0.717, 1.165) is 57.1 Å². The number of carbonyl (C=O) groups excluding carboxylic acids is 1. The van der Waals surface area contributed by atoms with Gasteiger partial charge in [-0.2, -0.15) is 0 Å². The Morgan fingerprint density at radius 3 is 2.62 bits per heavy atom. The Bertz CT molecular complexity index is 697. The monoisotopic (exact) mass is 425 g/mol. The van der Waals surface area contributed by atoms with Crippen LogP contribution in [0.25, 0.3) is 0 Å². The van der Waals surface area contributed by atoms with Gasteiger partial charge in [0.2, 0.25) is 0 Å². The summed E-state index contributed by atoms with van der Waals surface area (Å²) in [6, 6.07) is 0. The first-order valence-corrected chi connectivity index (χ1v) is 10.9. The van der Waals surface area contributed by atoms with Crippen LogP contribution in [-0.4, -0.2) is 37.5 Å². The number of halogens is 1. The molecule has 1 unspecified atom stereocenters. The molecule has 0 radical (unpaired) electrons. The fourth-order valence-electron chi connectivity index (χ4n) is 7.14. The van der Waals surface area contributed by atoms with Crippen LogP contribution < -0.4 is 5.73 Å². The third-order valence-corrected chi connectivity index (χ3v) is 8.64. The highest BCUT2D eigenvalue weighted by atomic mass is 35.5. The van der Waals surface area contributed by atoms with E-state index in [-0.39, 0.29) is 23.2 Å². The molecule has 2 N–H and O–H groups in total. The number of hydrogen-bond acceptors (Lipinski definition) is 6. The summed E-state index contributed by atoms with van der Waals surface area (Å²) in [5, 5.41) is 8.87. The molecule has 0 amide bonds. The number of oxime groups is 2. The molecule has 0 aromatic heterocycles. The van der Waals surface area contributed by atoms with Crippen molar-refractivity contribution in [2.45, 2.75) is 65.2 Å². The number of nitrogens with zero attached hydrogens (tertiary/aromatic N) is 2. The first-order valence-electron chi connectivity index (χ1n) is 10.9. The van der Waals surface area contributed by atoms with Crippen molar-refractivity contribution in [3.63, 3.8) is 0 Å². The third-order valence-electron chi connectivity index (χ3n) is 8.64. The molecule has 4 fully saturated rings. The lowest BCUT2D eigenvalue weighted by molar-refractivity contribution is -0.133. The Morgan fingerprint density at radius 1 is 1.10 bits per heavy atom. The molecule has 0 bridgehead atoms. The summed E-state index contributed by atoms with van der Waals surface area (Å²) in [6.07, 6.45) is 7.96. The van der Waals surface area contributed by atoms with Gasteiger partial charge in [-0.3, -0.25) is 4.79 Å². The number of nitrogens with two attached hydrogens (primary N) is 1. The molecule has 0 aromatic carbocycles. The zero-order chi connectivity index (χ0) is 19.9. The van der Waals surface area contributed by atoms with Gasteiger partial charge in [-0.25, -0.2) is 0 Å². The van der Waals surface area contributed by atoms with Crippen molar-refractivity contribution in [2.24, 2.45) is 50.5 Å². The highest BCUT2D eigenvalue weighted by molar-refractivity contribution is 5.96. The molecule has 0 aliphatic heterocycles. The molecule has 0 heterocycles. The molecule has 0 spiro atoms. The van der Waals surface area contributed by atoms with E-state index in [1.54, 1.807) is 7.11 Å². The van der Waals surface area contributed by atoms with Crippen molar-refractivity contribution >= 4 is 29.6 Å². The summed E-state index contributed by atoms with van der Waals surface area (Å²) < 4.78 is 0. The van der Waals surface area contributed by atoms with Gasteiger partial charge in [0, 0.05) is 24.3 Å². The zero-order valence-corrected chi connectivity index (χ0v) is 18.8. The van der Waals surface area contributed by atoms with Crippen molar-refractivity contribution in [2.75, 3.05) is 20.3 Å². The lowest BCUT2D eigenvalue weighted by atomic mass is 9.45. The average molecular weight is 426 g/mol. The minimum Gasteiger partial charge on any atom is -0.399 e. The second-order valence-corrected chi connectivity index (χ2v) is 9.81. The third kappa shape index (κ3) is 3.60. The normalized spacial score (nSPS) is 43.9. The van der Waals surface area contributed by atoms with Gasteiger partial charge in [0.05, 0.1) is 11.4 Å². The topological polar surface area (TPSA) is 86.3 Å². The standard InChI is InChI=1S/C22H35N3O3.ClH/c1-21-8-6-14(24-28-11-10-23)12-18(21)19(25-27-3)13-15-16-4-5-20(26)22(16,2)9-7-17(15)21;/h15-18H,4-13,23H2,1-3H3;1H/b24-14-,25-19+;/t15-,16-,17-,18?,21+,22-;/m0./s1. The van der Waals surface area contributed by atoms with Crippen LogP contribution in [0.15, 0.2) is 10.3 Å². The molecule has 6 nitrogen and oxygen atoms in total. The van der Waals surface area contributed by atoms with Crippen LogP contribution >= 0.6 is 12.4 Å². The lowest BCUT2D eigenvalue weighted by Gasteiger charge is -2.59.